The highest BCUT2D eigenvalue weighted by Crippen LogP contribution is 2.48. The third-order valence-corrected chi connectivity index (χ3v) is 3.88. The Morgan fingerprint density at radius 3 is 2.14 bits per heavy atom. The molecule has 0 spiro atoms. The number of hydrogen-bond donors (Lipinski definition) is 1. The van der Waals surface area contributed by atoms with Crippen molar-refractivity contribution in [3.8, 4) is 28.4 Å². The molecule has 22 heavy (non-hydrogen) atoms. The van der Waals surface area contributed by atoms with Crippen LogP contribution in [0.25, 0.3) is 11.1 Å². The molecule has 5 nitrogen and oxygen atoms in total. The smallest absolute Gasteiger partial charge is 0.203 e. The minimum atomic E-state index is -0.211. The molecule has 0 radical (unpaired) electrons. The molecular weight excluding hydrogens is 329 g/mol. The molecule has 0 atom stereocenters. The monoisotopic (exact) mass is 343 g/mol. The third kappa shape index (κ3) is 2.62. The minimum Gasteiger partial charge on any atom is -0.493 e. The summed E-state index contributed by atoms with van der Waals surface area (Å²) in [6.45, 7) is 1.41. The van der Waals surface area contributed by atoms with Crippen LogP contribution in [0.2, 0.25) is 10.2 Å². The second kappa shape index (κ2) is 6.50. The number of Topliss-reactive ketones (excluding diaryl/α,β-unsaturated/α-hetero) is 1. The number of hydrogen-bond acceptors (Lipinski definition) is 4. The Morgan fingerprint density at radius 2 is 1.68 bits per heavy atom. The number of aromatic nitrogens is 1. The normalized spacial score (nSPS) is 10.5. The highest BCUT2D eigenvalue weighted by atomic mass is 35.5. The van der Waals surface area contributed by atoms with Crippen molar-refractivity contribution in [2.45, 2.75) is 6.92 Å². The highest BCUT2D eigenvalue weighted by Gasteiger charge is 2.24. The molecule has 118 valence electrons. The number of halogens is 2. The van der Waals surface area contributed by atoms with Gasteiger partial charge in [0, 0.05) is 18.1 Å². The molecule has 0 aliphatic carbocycles. The van der Waals surface area contributed by atoms with E-state index in [1.807, 2.05) is 0 Å². The molecule has 0 aliphatic rings. The Hall–Kier alpha value is -1.85. The van der Waals surface area contributed by atoms with E-state index in [0.29, 0.717) is 28.4 Å². The third-order valence-electron chi connectivity index (χ3n) is 3.22. The maximum atomic E-state index is 11.6. The first-order chi connectivity index (χ1) is 10.5. The molecule has 0 saturated heterocycles. The topological polar surface area (TPSA) is 60.6 Å². The molecular formula is C15H15Cl2NO4. The van der Waals surface area contributed by atoms with Gasteiger partial charge in [0.25, 0.3) is 0 Å². The molecule has 0 bridgehead atoms. The molecule has 1 aromatic carbocycles. The van der Waals surface area contributed by atoms with Crippen molar-refractivity contribution >= 4 is 29.0 Å². The number of H-pyrrole nitrogens is 1. The average Bonchev–Trinajstić information content (AvgIpc) is 2.80. The summed E-state index contributed by atoms with van der Waals surface area (Å²) in [5.74, 6) is 1.13. The Balaban J connectivity index is 2.76. The molecule has 1 aromatic heterocycles. The maximum Gasteiger partial charge on any atom is 0.203 e. The van der Waals surface area contributed by atoms with Gasteiger partial charge in [0.15, 0.2) is 17.3 Å². The van der Waals surface area contributed by atoms with Gasteiger partial charge in [-0.3, -0.25) is 4.79 Å². The van der Waals surface area contributed by atoms with Gasteiger partial charge >= 0.3 is 0 Å². The molecule has 2 rings (SSSR count). The van der Waals surface area contributed by atoms with Crippen molar-refractivity contribution in [2.24, 2.45) is 0 Å². The van der Waals surface area contributed by atoms with Crippen LogP contribution in [0.3, 0.4) is 0 Å². The van der Waals surface area contributed by atoms with E-state index < -0.39 is 0 Å². The molecule has 2 aromatic rings. The summed E-state index contributed by atoms with van der Waals surface area (Å²) >= 11 is 12.5. The van der Waals surface area contributed by atoms with E-state index in [4.69, 9.17) is 37.4 Å². The molecule has 1 heterocycles. The largest absolute Gasteiger partial charge is 0.493 e. The van der Waals surface area contributed by atoms with Crippen molar-refractivity contribution in [1.82, 2.24) is 4.98 Å². The van der Waals surface area contributed by atoms with Gasteiger partial charge in [-0.15, -0.1) is 0 Å². The summed E-state index contributed by atoms with van der Waals surface area (Å²) in [6.07, 6.45) is 0. The zero-order valence-corrected chi connectivity index (χ0v) is 14.1. The number of nitrogens with one attached hydrogen (secondary N) is 1. The number of carbonyl (C=O) groups is 1. The Labute approximate surface area is 138 Å². The van der Waals surface area contributed by atoms with Gasteiger partial charge in [-0.2, -0.15) is 0 Å². The number of rotatable bonds is 5. The number of carbonyl (C=O) groups excluding carboxylic acids is 1. The van der Waals surface area contributed by atoms with Crippen molar-refractivity contribution in [2.75, 3.05) is 21.3 Å². The van der Waals surface area contributed by atoms with Crippen molar-refractivity contribution < 1.29 is 19.0 Å². The summed E-state index contributed by atoms with van der Waals surface area (Å²) < 4.78 is 16.0. The van der Waals surface area contributed by atoms with E-state index in [1.165, 1.54) is 28.3 Å². The van der Waals surface area contributed by atoms with Crippen LogP contribution in [0, 0.1) is 0 Å². The van der Waals surface area contributed by atoms with E-state index in [2.05, 4.69) is 4.98 Å². The molecule has 0 saturated carbocycles. The molecule has 0 aliphatic heterocycles. The van der Waals surface area contributed by atoms with Crippen LogP contribution >= 0.6 is 23.2 Å². The summed E-state index contributed by atoms with van der Waals surface area (Å²) in [4.78, 5) is 14.4. The summed E-state index contributed by atoms with van der Waals surface area (Å²) in [6, 6.07) is 3.45. The van der Waals surface area contributed by atoms with Gasteiger partial charge in [-0.05, 0) is 12.1 Å². The zero-order chi connectivity index (χ0) is 16.4. The Kier molecular flexibility index (Phi) is 4.88. The number of ether oxygens (including phenoxy) is 3. The van der Waals surface area contributed by atoms with Gasteiger partial charge in [-0.25, -0.2) is 0 Å². The van der Waals surface area contributed by atoms with E-state index in [-0.39, 0.29) is 21.7 Å². The van der Waals surface area contributed by atoms with Gasteiger partial charge in [0.1, 0.15) is 10.8 Å². The SMILES string of the molecule is COc1ccc(-c2c(Cl)[nH]c(C(C)=O)c2Cl)c(OC)c1OC. The Morgan fingerprint density at radius 1 is 1.05 bits per heavy atom. The predicted octanol–water partition coefficient (Wildman–Crippen LogP) is 4.22. The van der Waals surface area contributed by atoms with E-state index in [9.17, 15) is 4.79 Å². The lowest BCUT2D eigenvalue weighted by atomic mass is 10.1. The number of methoxy groups -OCH3 is 3. The molecule has 0 fully saturated rings. The van der Waals surface area contributed by atoms with Crippen LogP contribution in [0.4, 0.5) is 0 Å². The fourth-order valence-electron chi connectivity index (χ4n) is 2.23. The van der Waals surface area contributed by atoms with Crippen LogP contribution in [-0.4, -0.2) is 32.1 Å². The first-order valence-corrected chi connectivity index (χ1v) is 7.09. The molecule has 0 amide bonds. The second-order valence-electron chi connectivity index (χ2n) is 4.44. The Bertz CT molecular complexity index is 725. The van der Waals surface area contributed by atoms with Gasteiger partial charge in [0.05, 0.1) is 26.4 Å². The zero-order valence-electron chi connectivity index (χ0n) is 12.5. The molecule has 7 heteroatoms. The van der Waals surface area contributed by atoms with E-state index in [0.717, 1.165) is 0 Å². The molecule has 0 unspecified atom stereocenters. The average molecular weight is 344 g/mol. The number of ketones is 1. The summed E-state index contributed by atoms with van der Waals surface area (Å²) in [5, 5.41) is 0.490. The van der Waals surface area contributed by atoms with Crippen molar-refractivity contribution in [1.29, 1.82) is 0 Å². The standard InChI is InChI=1S/C15H15Cl2NO4/c1-7(19)12-11(16)10(15(17)18-12)8-5-6-9(20-2)14(22-4)13(8)21-3/h5-6,18H,1-4H3. The van der Waals surface area contributed by atoms with Crippen LogP contribution in [0.5, 0.6) is 17.2 Å². The number of benzene rings is 1. The maximum absolute atomic E-state index is 11.6. The van der Waals surface area contributed by atoms with E-state index >= 15 is 0 Å². The quantitative estimate of drug-likeness (QED) is 0.825. The summed E-state index contributed by atoms with van der Waals surface area (Å²) in [7, 11) is 4.54. The van der Waals surface area contributed by atoms with Crippen LogP contribution in [0.1, 0.15) is 17.4 Å². The van der Waals surface area contributed by atoms with Crippen LogP contribution in [0.15, 0.2) is 12.1 Å². The van der Waals surface area contributed by atoms with Crippen molar-refractivity contribution in [3.63, 3.8) is 0 Å². The first kappa shape index (κ1) is 16.5. The first-order valence-electron chi connectivity index (χ1n) is 6.33. The predicted molar refractivity (Wildman–Crippen MR) is 85.9 cm³/mol. The second-order valence-corrected chi connectivity index (χ2v) is 5.20. The van der Waals surface area contributed by atoms with Crippen LogP contribution < -0.4 is 14.2 Å². The fraction of sp³-hybridized carbons (Fsp3) is 0.267. The molecule has 1 N–H and O–H groups in total. The number of aromatic amines is 1. The lowest BCUT2D eigenvalue weighted by molar-refractivity contribution is 0.101. The van der Waals surface area contributed by atoms with Gasteiger partial charge < -0.3 is 19.2 Å². The fourth-order valence-corrected chi connectivity index (χ4v) is 2.94. The highest BCUT2D eigenvalue weighted by molar-refractivity contribution is 6.41. The van der Waals surface area contributed by atoms with Gasteiger partial charge in [-0.1, -0.05) is 23.2 Å². The lowest BCUT2D eigenvalue weighted by Gasteiger charge is -2.15. The minimum absolute atomic E-state index is 0.211. The lowest BCUT2D eigenvalue weighted by Crippen LogP contribution is -1.97. The van der Waals surface area contributed by atoms with Crippen LogP contribution in [-0.2, 0) is 0 Å². The van der Waals surface area contributed by atoms with E-state index in [1.54, 1.807) is 12.1 Å². The summed E-state index contributed by atoms with van der Waals surface area (Å²) in [5.41, 5.74) is 1.32. The van der Waals surface area contributed by atoms with Crippen molar-refractivity contribution in [3.05, 3.63) is 28.0 Å². The van der Waals surface area contributed by atoms with Gasteiger partial charge in [0.2, 0.25) is 5.75 Å².